The molecule has 3 nitrogen and oxygen atoms in total. The molecular weight excluding hydrogens is 261 g/mol. The van der Waals surface area contributed by atoms with Gasteiger partial charge < -0.3 is 5.32 Å². The maximum absolute atomic E-state index is 13.6. The molecule has 1 unspecified atom stereocenters. The van der Waals surface area contributed by atoms with Crippen molar-refractivity contribution in [2.45, 2.75) is 33.2 Å². The van der Waals surface area contributed by atoms with Crippen LogP contribution in [0.4, 0.5) is 4.39 Å². The fourth-order valence-corrected chi connectivity index (χ4v) is 3.02. The van der Waals surface area contributed by atoms with Crippen molar-refractivity contribution in [2.24, 2.45) is 0 Å². The van der Waals surface area contributed by atoms with Gasteiger partial charge in [0.15, 0.2) is 0 Å². The van der Waals surface area contributed by atoms with E-state index in [4.69, 9.17) is 0 Å². The summed E-state index contributed by atoms with van der Waals surface area (Å²) in [6.07, 6.45) is 0.835. The predicted molar refractivity (Wildman–Crippen MR) is 75.9 cm³/mol. The monoisotopic (exact) mass is 279 g/mol. The molecule has 1 atom stereocenters. The van der Waals surface area contributed by atoms with E-state index < -0.39 is 0 Å². The highest BCUT2D eigenvalue weighted by atomic mass is 32.1. The number of nitrogens with one attached hydrogen (secondary N) is 1. The van der Waals surface area contributed by atoms with Crippen molar-refractivity contribution in [2.75, 3.05) is 6.54 Å². The Hall–Kier alpha value is -1.33. The molecule has 1 N–H and O–H groups in total. The van der Waals surface area contributed by atoms with E-state index in [0.29, 0.717) is 0 Å². The molecule has 0 fully saturated rings. The molecule has 0 aliphatic carbocycles. The van der Waals surface area contributed by atoms with Crippen molar-refractivity contribution >= 4 is 11.5 Å². The molecule has 0 aliphatic heterocycles. The third kappa shape index (κ3) is 3.16. The van der Waals surface area contributed by atoms with E-state index in [1.807, 2.05) is 19.9 Å². The molecule has 19 heavy (non-hydrogen) atoms. The van der Waals surface area contributed by atoms with E-state index in [1.54, 1.807) is 6.07 Å². The summed E-state index contributed by atoms with van der Waals surface area (Å²) in [6, 6.07) is 5.10. The molecule has 0 amide bonds. The van der Waals surface area contributed by atoms with Crippen molar-refractivity contribution in [3.63, 3.8) is 0 Å². The molecule has 0 bridgehead atoms. The first-order valence-corrected chi connectivity index (χ1v) is 7.24. The lowest BCUT2D eigenvalue weighted by atomic mass is 10.0. The summed E-state index contributed by atoms with van der Waals surface area (Å²) in [5.41, 5.74) is 2.84. The zero-order valence-electron chi connectivity index (χ0n) is 11.4. The summed E-state index contributed by atoms with van der Waals surface area (Å²) in [4.78, 5) is 1.08. The Morgan fingerprint density at radius 1 is 1.32 bits per heavy atom. The van der Waals surface area contributed by atoms with Crippen LogP contribution in [-0.4, -0.2) is 16.1 Å². The van der Waals surface area contributed by atoms with Gasteiger partial charge in [-0.15, -0.1) is 5.10 Å². The standard InChI is InChI=1S/C14H18FN3S/c1-4-12-14(19-18-17-12)13(16-5-2)10-6-9(3)7-11(15)8-10/h6-8,13,16H,4-5H2,1-3H3. The van der Waals surface area contributed by atoms with Gasteiger partial charge in [-0.25, -0.2) is 4.39 Å². The maximum Gasteiger partial charge on any atom is 0.123 e. The summed E-state index contributed by atoms with van der Waals surface area (Å²) in [7, 11) is 0. The molecule has 102 valence electrons. The fraction of sp³-hybridized carbons (Fsp3) is 0.429. The second kappa shape index (κ2) is 6.21. The number of rotatable bonds is 5. The van der Waals surface area contributed by atoms with E-state index in [0.717, 1.165) is 34.7 Å². The highest BCUT2D eigenvalue weighted by Crippen LogP contribution is 2.28. The van der Waals surface area contributed by atoms with Crippen molar-refractivity contribution in [1.82, 2.24) is 14.9 Å². The average molecular weight is 279 g/mol. The molecular formula is C14H18FN3S. The van der Waals surface area contributed by atoms with Crippen molar-refractivity contribution in [1.29, 1.82) is 0 Å². The quantitative estimate of drug-likeness (QED) is 0.913. The highest BCUT2D eigenvalue weighted by Gasteiger charge is 2.20. The number of aromatic nitrogens is 2. The number of benzene rings is 1. The molecule has 2 aromatic rings. The third-order valence-electron chi connectivity index (χ3n) is 2.99. The van der Waals surface area contributed by atoms with Crippen molar-refractivity contribution < 1.29 is 4.39 Å². The summed E-state index contributed by atoms with van der Waals surface area (Å²) in [5.74, 6) is -0.201. The minimum atomic E-state index is -0.201. The van der Waals surface area contributed by atoms with Gasteiger partial charge in [-0.1, -0.05) is 24.4 Å². The summed E-state index contributed by atoms with van der Waals surface area (Å²) < 4.78 is 17.6. The van der Waals surface area contributed by atoms with Gasteiger partial charge in [-0.2, -0.15) is 0 Å². The second-order valence-electron chi connectivity index (χ2n) is 4.49. The van der Waals surface area contributed by atoms with Crippen LogP contribution in [0.1, 0.15) is 41.6 Å². The topological polar surface area (TPSA) is 37.8 Å². The first-order chi connectivity index (χ1) is 9.15. The first-order valence-electron chi connectivity index (χ1n) is 6.47. The van der Waals surface area contributed by atoms with Crippen LogP contribution < -0.4 is 5.32 Å². The van der Waals surface area contributed by atoms with Crippen LogP contribution in [0.3, 0.4) is 0 Å². The van der Waals surface area contributed by atoms with Crippen LogP contribution >= 0.6 is 11.5 Å². The van der Waals surface area contributed by atoms with Gasteiger partial charge in [-0.3, -0.25) is 0 Å². The Kier molecular flexibility index (Phi) is 4.61. The first kappa shape index (κ1) is 14.1. The van der Waals surface area contributed by atoms with Gasteiger partial charge >= 0.3 is 0 Å². The van der Waals surface area contributed by atoms with Gasteiger partial charge in [0.1, 0.15) is 5.82 Å². The van der Waals surface area contributed by atoms with Gasteiger partial charge in [0.05, 0.1) is 16.6 Å². The van der Waals surface area contributed by atoms with Crippen LogP contribution in [0, 0.1) is 12.7 Å². The van der Waals surface area contributed by atoms with Crippen LogP contribution in [0.15, 0.2) is 18.2 Å². The lowest BCUT2D eigenvalue weighted by Gasteiger charge is -2.18. The molecule has 0 saturated carbocycles. The molecule has 0 radical (unpaired) electrons. The molecule has 0 spiro atoms. The average Bonchev–Trinajstić information content (AvgIpc) is 2.82. The molecule has 2 rings (SSSR count). The Bertz CT molecular complexity index is 533. The zero-order chi connectivity index (χ0) is 13.8. The second-order valence-corrected chi connectivity index (χ2v) is 5.28. The lowest BCUT2D eigenvalue weighted by molar-refractivity contribution is 0.603. The van der Waals surface area contributed by atoms with E-state index in [9.17, 15) is 4.39 Å². The Labute approximate surface area is 117 Å². The third-order valence-corrected chi connectivity index (χ3v) is 3.82. The largest absolute Gasteiger partial charge is 0.306 e. The normalized spacial score (nSPS) is 12.6. The molecule has 1 heterocycles. The minimum absolute atomic E-state index is 0.0330. The maximum atomic E-state index is 13.6. The van der Waals surface area contributed by atoms with Crippen LogP contribution in [0.5, 0.6) is 0 Å². The smallest absolute Gasteiger partial charge is 0.123 e. The summed E-state index contributed by atoms with van der Waals surface area (Å²) in [6.45, 7) is 6.81. The van der Waals surface area contributed by atoms with Crippen LogP contribution in [0.2, 0.25) is 0 Å². The number of hydrogen-bond acceptors (Lipinski definition) is 4. The Morgan fingerprint density at radius 2 is 2.11 bits per heavy atom. The Morgan fingerprint density at radius 3 is 2.74 bits per heavy atom. The van der Waals surface area contributed by atoms with Crippen LogP contribution in [0.25, 0.3) is 0 Å². The SMILES string of the molecule is CCNC(c1cc(C)cc(F)c1)c1snnc1CC. The van der Waals surface area contributed by atoms with Gasteiger partial charge in [0.2, 0.25) is 0 Å². The molecule has 1 aromatic carbocycles. The fourth-order valence-electron chi connectivity index (χ4n) is 2.18. The zero-order valence-corrected chi connectivity index (χ0v) is 12.2. The minimum Gasteiger partial charge on any atom is -0.306 e. The number of halogens is 1. The van der Waals surface area contributed by atoms with E-state index in [-0.39, 0.29) is 11.9 Å². The van der Waals surface area contributed by atoms with E-state index >= 15 is 0 Å². The molecule has 0 aliphatic rings. The lowest BCUT2D eigenvalue weighted by Crippen LogP contribution is -2.22. The molecule has 1 aromatic heterocycles. The molecule has 5 heteroatoms. The predicted octanol–water partition coefficient (Wildman–Crippen LogP) is 3.25. The Balaban J connectivity index is 2.45. The summed E-state index contributed by atoms with van der Waals surface area (Å²) >= 11 is 1.38. The van der Waals surface area contributed by atoms with Crippen molar-refractivity contribution in [3.05, 3.63) is 45.7 Å². The van der Waals surface area contributed by atoms with Gasteiger partial charge in [0.25, 0.3) is 0 Å². The van der Waals surface area contributed by atoms with Gasteiger partial charge in [-0.05, 0) is 54.7 Å². The number of hydrogen-bond donors (Lipinski definition) is 1. The summed E-state index contributed by atoms with van der Waals surface area (Å²) in [5, 5.41) is 7.54. The van der Waals surface area contributed by atoms with Gasteiger partial charge in [0, 0.05) is 0 Å². The number of nitrogens with zero attached hydrogens (tertiary/aromatic N) is 2. The van der Waals surface area contributed by atoms with Crippen LogP contribution in [-0.2, 0) is 6.42 Å². The van der Waals surface area contributed by atoms with E-state index in [2.05, 4.69) is 21.8 Å². The number of aryl methyl sites for hydroxylation is 2. The van der Waals surface area contributed by atoms with Crippen molar-refractivity contribution in [3.8, 4) is 0 Å². The molecule has 0 saturated heterocycles. The highest BCUT2D eigenvalue weighted by molar-refractivity contribution is 7.05. The van der Waals surface area contributed by atoms with E-state index in [1.165, 1.54) is 17.6 Å².